The maximum Gasteiger partial charge on any atom is 0.229 e. The second-order valence-electron chi connectivity index (χ2n) is 12.6. The molecule has 1 aromatic heterocycles. The van der Waals surface area contributed by atoms with Crippen molar-refractivity contribution in [3.05, 3.63) is 30.0 Å². The van der Waals surface area contributed by atoms with Crippen LogP contribution in [-0.4, -0.2) is 97.3 Å². The van der Waals surface area contributed by atoms with Gasteiger partial charge in [-0.2, -0.15) is 4.98 Å². The zero-order valence-electron chi connectivity index (χ0n) is 26.8. The van der Waals surface area contributed by atoms with Crippen LogP contribution < -0.4 is 20.0 Å². The van der Waals surface area contributed by atoms with Crippen molar-refractivity contribution in [3.63, 3.8) is 0 Å². The number of hydrogen-bond donors (Lipinski definition) is 1. The summed E-state index contributed by atoms with van der Waals surface area (Å²) in [6.07, 6.45) is 4.84. The van der Waals surface area contributed by atoms with Gasteiger partial charge in [0.05, 0.1) is 24.1 Å². The first kappa shape index (κ1) is 32.0. The zero-order valence-corrected chi connectivity index (χ0v) is 26.8. The Bertz CT molecular complexity index is 1330. The highest BCUT2D eigenvalue weighted by atomic mass is 19.1. The molecule has 0 unspecified atom stereocenters. The van der Waals surface area contributed by atoms with Crippen LogP contribution in [0, 0.1) is 11.6 Å². The highest BCUT2D eigenvalue weighted by Gasteiger charge is 2.45. The van der Waals surface area contributed by atoms with Gasteiger partial charge in [-0.15, -0.1) is 0 Å². The fourth-order valence-electron chi connectivity index (χ4n) is 6.43. The molecule has 2 saturated heterocycles. The summed E-state index contributed by atoms with van der Waals surface area (Å²) in [5, 5.41) is 14.4. The summed E-state index contributed by atoms with van der Waals surface area (Å²) in [6.45, 7) is 10.5. The SMILES string of the molecule is CO[C@@H](C)COc1cc(F)c(Nc2ncc(F)c(N(C[C@H](C)OC)[C@@H]3C[C@@H]4CCCN4C(C)(C)C3)n2)cc1N1CN(C)N=N1. The molecule has 4 atom stereocenters. The molecule has 0 aliphatic carbocycles. The van der Waals surface area contributed by atoms with Crippen LogP contribution >= 0.6 is 0 Å². The first-order chi connectivity index (χ1) is 21.0. The highest BCUT2D eigenvalue weighted by Crippen LogP contribution is 2.41. The topological polar surface area (TPSA) is 103 Å². The molecule has 1 N–H and O–H groups in total. The van der Waals surface area contributed by atoms with Crippen molar-refractivity contribution >= 4 is 23.1 Å². The summed E-state index contributed by atoms with van der Waals surface area (Å²) in [4.78, 5) is 13.4. The molecule has 0 bridgehead atoms. The third-order valence-corrected chi connectivity index (χ3v) is 8.82. The van der Waals surface area contributed by atoms with Crippen LogP contribution in [-0.2, 0) is 9.47 Å². The smallest absolute Gasteiger partial charge is 0.229 e. The van der Waals surface area contributed by atoms with Crippen LogP contribution in [0.2, 0.25) is 0 Å². The molecule has 2 fully saturated rings. The average Bonchev–Trinajstić information content (AvgIpc) is 3.66. The van der Waals surface area contributed by atoms with E-state index in [2.05, 4.69) is 44.5 Å². The number of nitrogens with one attached hydrogen (secondary N) is 1. The first-order valence-electron chi connectivity index (χ1n) is 15.2. The number of rotatable bonds is 12. The number of piperidine rings is 1. The van der Waals surface area contributed by atoms with Gasteiger partial charge in [0, 0.05) is 51.5 Å². The van der Waals surface area contributed by atoms with E-state index < -0.39 is 11.6 Å². The van der Waals surface area contributed by atoms with Gasteiger partial charge in [-0.1, -0.05) is 5.22 Å². The van der Waals surface area contributed by atoms with E-state index in [1.165, 1.54) is 12.5 Å². The number of benzene rings is 1. The molecular weight excluding hydrogens is 572 g/mol. The van der Waals surface area contributed by atoms with Gasteiger partial charge >= 0.3 is 0 Å². The molecule has 1 aromatic carbocycles. The fraction of sp³-hybridized carbons (Fsp3) is 0.667. The number of hydrogen-bond acceptors (Lipinski definition) is 12. The van der Waals surface area contributed by atoms with Gasteiger partial charge in [0.2, 0.25) is 5.95 Å². The molecule has 0 saturated carbocycles. The zero-order chi connectivity index (χ0) is 31.6. The second kappa shape index (κ2) is 13.3. The lowest BCUT2D eigenvalue weighted by Crippen LogP contribution is -2.58. The van der Waals surface area contributed by atoms with Gasteiger partial charge < -0.3 is 24.4 Å². The van der Waals surface area contributed by atoms with E-state index >= 15 is 8.78 Å². The third-order valence-electron chi connectivity index (χ3n) is 8.82. The number of anilines is 4. The van der Waals surface area contributed by atoms with Crippen molar-refractivity contribution in [2.24, 2.45) is 10.4 Å². The summed E-state index contributed by atoms with van der Waals surface area (Å²) >= 11 is 0. The summed E-state index contributed by atoms with van der Waals surface area (Å²) in [5.74, 6) is -0.604. The fourth-order valence-corrected chi connectivity index (χ4v) is 6.43. The summed E-state index contributed by atoms with van der Waals surface area (Å²) in [6, 6.07) is 3.33. The molecule has 0 radical (unpaired) electrons. The van der Waals surface area contributed by atoms with Crippen LogP contribution in [0.15, 0.2) is 28.8 Å². The molecule has 0 amide bonds. The largest absolute Gasteiger partial charge is 0.489 e. The lowest BCUT2D eigenvalue weighted by atomic mass is 9.83. The normalized spacial score (nSPS) is 22.7. The maximum absolute atomic E-state index is 15.6. The molecule has 3 aliphatic heterocycles. The Morgan fingerprint density at radius 2 is 1.89 bits per heavy atom. The van der Waals surface area contributed by atoms with Crippen molar-refractivity contribution in [1.82, 2.24) is 19.9 Å². The van der Waals surface area contributed by atoms with Crippen LogP contribution in [0.1, 0.15) is 53.4 Å². The number of fused-ring (bicyclic) bond motifs is 1. The van der Waals surface area contributed by atoms with Crippen LogP contribution in [0.5, 0.6) is 5.75 Å². The van der Waals surface area contributed by atoms with E-state index in [-0.39, 0.29) is 53.6 Å². The second-order valence-corrected chi connectivity index (χ2v) is 12.6. The minimum Gasteiger partial charge on any atom is -0.489 e. The predicted octanol–water partition coefficient (Wildman–Crippen LogP) is 5.15. The van der Waals surface area contributed by atoms with Gasteiger partial charge in [0.1, 0.15) is 24.7 Å². The molecule has 3 aliphatic rings. The Morgan fingerprint density at radius 1 is 1.11 bits per heavy atom. The molecular formula is C30H45F2N9O3. The molecule has 12 nitrogen and oxygen atoms in total. The van der Waals surface area contributed by atoms with E-state index in [4.69, 9.17) is 14.2 Å². The molecule has 0 spiro atoms. The van der Waals surface area contributed by atoms with Crippen molar-refractivity contribution < 1.29 is 23.0 Å². The van der Waals surface area contributed by atoms with E-state index in [0.29, 0.717) is 24.9 Å². The molecule has 14 heteroatoms. The van der Waals surface area contributed by atoms with Crippen LogP contribution in [0.3, 0.4) is 0 Å². The Kier molecular flexibility index (Phi) is 9.71. The van der Waals surface area contributed by atoms with Crippen LogP contribution in [0.25, 0.3) is 0 Å². The van der Waals surface area contributed by atoms with Crippen LogP contribution in [0.4, 0.5) is 31.9 Å². The lowest BCUT2D eigenvalue weighted by molar-refractivity contribution is 0.0402. The molecule has 44 heavy (non-hydrogen) atoms. The van der Waals surface area contributed by atoms with E-state index in [0.717, 1.165) is 32.0 Å². The van der Waals surface area contributed by atoms with Crippen molar-refractivity contribution in [3.8, 4) is 5.75 Å². The molecule has 4 heterocycles. The standard InChI is InChI=1S/C30H45F2N9O3/c1-19(42-6)16-39(22-11-21-9-8-10-40(21)30(3,4)14-22)28-24(32)15-33-29(35-28)34-25-13-26(41-18-38(5)36-37-41)27(12-23(25)31)44-17-20(2)43-7/h12-13,15,19-22H,8-11,14,16-18H2,1-7H3,(H,33,34,35)/t19-,20-,21-,22+/m0/s1. The number of halogens is 2. The van der Waals surface area contributed by atoms with Gasteiger partial charge in [-0.3, -0.25) is 9.91 Å². The van der Waals surface area contributed by atoms with Crippen molar-refractivity contribution in [1.29, 1.82) is 0 Å². The number of methoxy groups -OCH3 is 2. The highest BCUT2D eigenvalue weighted by molar-refractivity contribution is 5.69. The maximum atomic E-state index is 15.6. The van der Waals surface area contributed by atoms with Crippen molar-refractivity contribution in [2.75, 3.05) is 62.9 Å². The van der Waals surface area contributed by atoms with Gasteiger partial charge in [0.25, 0.3) is 0 Å². The molecule has 5 rings (SSSR count). The Balaban J connectivity index is 1.45. The minimum absolute atomic E-state index is 0.0331. The molecule has 2 aromatic rings. The van der Waals surface area contributed by atoms with Crippen molar-refractivity contribution in [2.45, 2.75) is 83.2 Å². The number of nitrogens with zero attached hydrogens (tertiary/aromatic N) is 8. The Hall–Kier alpha value is -3.36. The summed E-state index contributed by atoms with van der Waals surface area (Å²) < 4.78 is 47.9. The van der Waals surface area contributed by atoms with Gasteiger partial charge in [-0.05, 0) is 71.2 Å². The minimum atomic E-state index is -0.590. The van der Waals surface area contributed by atoms with E-state index in [1.54, 1.807) is 37.4 Å². The quantitative estimate of drug-likeness (QED) is 0.344. The average molecular weight is 618 g/mol. The molecule has 242 valence electrons. The number of aromatic nitrogens is 2. The van der Waals surface area contributed by atoms with Gasteiger partial charge in [-0.25, -0.2) is 18.8 Å². The van der Waals surface area contributed by atoms with E-state index in [9.17, 15) is 0 Å². The Labute approximate surface area is 258 Å². The first-order valence-corrected chi connectivity index (χ1v) is 15.2. The third kappa shape index (κ3) is 6.97. The van der Waals surface area contributed by atoms with E-state index in [1.807, 2.05) is 18.7 Å². The lowest BCUT2D eigenvalue weighted by Gasteiger charge is -2.50. The predicted molar refractivity (Wildman–Crippen MR) is 164 cm³/mol. The Morgan fingerprint density at radius 3 is 2.59 bits per heavy atom. The monoisotopic (exact) mass is 617 g/mol. The number of ether oxygens (including phenoxy) is 3. The summed E-state index contributed by atoms with van der Waals surface area (Å²) in [7, 11) is 5.01. The van der Waals surface area contributed by atoms with Gasteiger partial charge in [0.15, 0.2) is 17.5 Å². The summed E-state index contributed by atoms with van der Waals surface area (Å²) in [5.41, 5.74) is 0.551.